The van der Waals surface area contributed by atoms with Crippen molar-refractivity contribution >= 4 is 23.5 Å². The van der Waals surface area contributed by atoms with E-state index in [1.165, 1.54) is 11.3 Å². The minimum Gasteiger partial charge on any atom is -0.444 e. The van der Waals surface area contributed by atoms with Crippen LogP contribution in [0.1, 0.15) is 58.2 Å². The Labute approximate surface area is 152 Å². The van der Waals surface area contributed by atoms with Crippen LogP contribution in [-0.4, -0.2) is 34.4 Å². The Morgan fingerprint density at radius 3 is 2.48 bits per heavy atom. The molecule has 0 saturated heterocycles. The first-order valence-electron chi connectivity index (χ1n) is 8.42. The number of hydrogen-bond acceptors (Lipinski definition) is 6. The van der Waals surface area contributed by atoms with Crippen molar-refractivity contribution in [3.05, 3.63) is 16.1 Å². The fraction of sp³-hybridized carbons (Fsp3) is 0.706. The van der Waals surface area contributed by atoms with Gasteiger partial charge in [-0.05, 0) is 47.5 Å². The molecule has 1 fully saturated rings. The fourth-order valence-electron chi connectivity index (χ4n) is 2.06. The van der Waals surface area contributed by atoms with Crippen molar-refractivity contribution in [2.45, 2.75) is 77.7 Å². The minimum absolute atomic E-state index is 0.272. The molecule has 0 aromatic carbocycles. The van der Waals surface area contributed by atoms with E-state index in [4.69, 9.17) is 9.47 Å². The van der Waals surface area contributed by atoms with Crippen LogP contribution in [0.4, 0.5) is 9.59 Å². The summed E-state index contributed by atoms with van der Waals surface area (Å²) in [4.78, 5) is 27.9. The van der Waals surface area contributed by atoms with Gasteiger partial charge in [-0.1, -0.05) is 0 Å². The molecule has 25 heavy (non-hydrogen) atoms. The number of carbonyl (C=O) groups is 2. The highest BCUT2D eigenvalue weighted by atomic mass is 32.1. The summed E-state index contributed by atoms with van der Waals surface area (Å²) in [7, 11) is 0. The Morgan fingerprint density at radius 2 is 1.88 bits per heavy atom. The number of alkyl carbamates (subject to hydrolysis) is 2. The van der Waals surface area contributed by atoms with Crippen molar-refractivity contribution < 1.29 is 19.1 Å². The van der Waals surface area contributed by atoms with Gasteiger partial charge in [0.1, 0.15) is 11.2 Å². The lowest BCUT2D eigenvalue weighted by Gasteiger charge is -2.24. The van der Waals surface area contributed by atoms with Gasteiger partial charge in [0.2, 0.25) is 0 Å². The second kappa shape index (κ2) is 7.59. The predicted molar refractivity (Wildman–Crippen MR) is 95.6 cm³/mol. The van der Waals surface area contributed by atoms with Gasteiger partial charge in [-0.2, -0.15) is 0 Å². The average Bonchev–Trinajstić information content (AvgIpc) is 3.11. The molecule has 1 aliphatic rings. The number of hydrogen-bond donors (Lipinski definition) is 2. The summed E-state index contributed by atoms with van der Waals surface area (Å²) in [5, 5.41) is 8.23. The number of amides is 2. The van der Waals surface area contributed by atoms with Crippen LogP contribution in [0.2, 0.25) is 0 Å². The van der Waals surface area contributed by atoms with Gasteiger partial charge in [-0.25, -0.2) is 14.6 Å². The van der Waals surface area contributed by atoms with Crippen LogP contribution in [-0.2, 0) is 22.4 Å². The summed E-state index contributed by atoms with van der Waals surface area (Å²) in [6.45, 7) is 9.47. The van der Waals surface area contributed by atoms with E-state index in [1.807, 2.05) is 40.0 Å². The molecule has 2 rings (SSSR count). The van der Waals surface area contributed by atoms with Gasteiger partial charge in [-0.15, -0.1) is 11.3 Å². The van der Waals surface area contributed by atoms with Gasteiger partial charge in [0, 0.05) is 17.8 Å². The minimum atomic E-state index is -0.646. The molecule has 0 spiro atoms. The highest BCUT2D eigenvalue weighted by Crippen LogP contribution is 2.22. The molecule has 2 amide bonds. The van der Waals surface area contributed by atoms with Gasteiger partial charge >= 0.3 is 12.2 Å². The molecule has 0 atom stereocenters. The van der Waals surface area contributed by atoms with Crippen LogP contribution in [0.5, 0.6) is 0 Å². The summed E-state index contributed by atoms with van der Waals surface area (Å²) in [6.07, 6.45) is 1.71. The van der Waals surface area contributed by atoms with Crippen LogP contribution in [0, 0.1) is 0 Å². The van der Waals surface area contributed by atoms with Crippen molar-refractivity contribution in [3.8, 4) is 0 Å². The zero-order valence-corrected chi connectivity index (χ0v) is 16.3. The normalized spacial score (nSPS) is 14.8. The number of rotatable bonds is 6. The summed E-state index contributed by atoms with van der Waals surface area (Å²) in [5.74, 6) is 0. The molecular weight excluding hydrogens is 342 g/mol. The highest BCUT2D eigenvalue weighted by molar-refractivity contribution is 7.09. The van der Waals surface area contributed by atoms with Gasteiger partial charge < -0.3 is 20.1 Å². The average molecular weight is 369 g/mol. The summed E-state index contributed by atoms with van der Waals surface area (Å²) < 4.78 is 10.7. The van der Waals surface area contributed by atoms with E-state index in [-0.39, 0.29) is 12.1 Å². The standard InChI is InChI=1S/C17H27N3O4S/c1-16(2,3)23-14(21)18-9-12-10-25-13(19-12)8-17(4,5)24-15(22)20-11-6-7-11/h10-11H,6-9H2,1-5H3,(H,18,21)(H,20,22). The first kappa shape index (κ1) is 19.5. The van der Waals surface area contributed by atoms with Crippen LogP contribution in [0.15, 0.2) is 5.38 Å². The Hall–Kier alpha value is -1.83. The second-order valence-corrected chi connectivity index (χ2v) is 8.78. The molecule has 1 heterocycles. The molecule has 0 unspecified atom stereocenters. The maximum absolute atomic E-state index is 11.8. The van der Waals surface area contributed by atoms with Gasteiger partial charge in [0.15, 0.2) is 0 Å². The fourth-order valence-corrected chi connectivity index (χ4v) is 3.07. The zero-order valence-electron chi connectivity index (χ0n) is 15.5. The van der Waals surface area contributed by atoms with E-state index in [0.29, 0.717) is 13.0 Å². The maximum Gasteiger partial charge on any atom is 0.407 e. The van der Waals surface area contributed by atoms with Crippen LogP contribution < -0.4 is 10.6 Å². The van der Waals surface area contributed by atoms with E-state index in [2.05, 4.69) is 15.6 Å². The molecular formula is C17H27N3O4S. The summed E-state index contributed by atoms with van der Waals surface area (Å²) >= 11 is 1.48. The predicted octanol–water partition coefficient (Wildman–Crippen LogP) is 3.38. The number of ether oxygens (including phenoxy) is 2. The van der Waals surface area contributed by atoms with E-state index < -0.39 is 17.3 Å². The third-order valence-corrected chi connectivity index (χ3v) is 4.15. The van der Waals surface area contributed by atoms with Crippen molar-refractivity contribution in [1.82, 2.24) is 15.6 Å². The Balaban J connectivity index is 1.79. The van der Waals surface area contributed by atoms with Crippen molar-refractivity contribution in [2.75, 3.05) is 0 Å². The monoisotopic (exact) mass is 369 g/mol. The SMILES string of the molecule is CC(C)(C)OC(=O)NCc1csc(CC(C)(C)OC(=O)NC2CC2)n1. The van der Waals surface area contributed by atoms with Crippen molar-refractivity contribution in [1.29, 1.82) is 0 Å². The lowest BCUT2D eigenvalue weighted by molar-refractivity contribution is 0.0388. The molecule has 1 aromatic heterocycles. The van der Waals surface area contributed by atoms with Crippen molar-refractivity contribution in [2.24, 2.45) is 0 Å². The first-order chi connectivity index (χ1) is 11.5. The van der Waals surface area contributed by atoms with Crippen LogP contribution in [0.3, 0.4) is 0 Å². The molecule has 0 radical (unpaired) electrons. The highest BCUT2D eigenvalue weighted by Gasteiger charge is 2.29. The maximum atomic E-state index is 11.8. The van der Waals surface area contributed by atoms with Crippen molar-refractivity contribution in [3.63, 3.8) is 0 Å². The quantitative estimate of drug-likeness (QED) is 0.802. The number of nitrogens with one attached hydrogen (secondary N) is 2. The van der Waals surface area contributed by atoms with Crippen LogP contribution in [0.25, 0.3) is 0 Å². The molecule has 0 aliphatic heterocycles. The van der Waals surface area contributed by atoms with E-state index in [0.717, 1.165) is 23.5 Å². The Morgan fingerprint density at radius 1 is 1.20 bits per heavy atom. The summed E-state index contributed by atoms with van der Waals surface area (Å²) in [5.41, 5.74) is -0.420. The number of carbonyl (C=O) groups excluding carboxylic acids is 2. The van der Waals surface area contributed by atoms with Gasteiger partial charge in [0.05, 0.1) is 17.2 Å². The Kier molecular flexibility index (Phi) is 5.92. The lowest BCUT2D eigenvalue weighted by atomic mass is 10.1. The third kappa shape index (κ3) is 7.72. The second-order valence-electron chi connectivity index (χ2n) is 7.83. The van der Waals surface area contributed by atoms with Gasteiger partial charge in [0.25, 0.3) is 0 Å². The molecule has 1 aliphatic carbocycles. The molecule has 7 nitrogen and oxygen atoms in total. The van der Waals surface area contributed by atoms with Gasteiger partial charge in [-0.3, -0.25) is 0 Å². The largest absolute Gasteiger partial charge is 0.444 e. The molecule has 1 aromatic rings. The molecule has 2 N–H and O–H groups in total. The molecule has 140 valence electrons. The number of aromatic nitrogens is 1. The van der Waals surface area contributed by atoms with E-state index >= 15 is 0 Å². The third-order valence-electron chi connectivity index (χ3n) is 3.26. The first-order valence-corrected chi connectivity index (χ1v) is 9.30. The zero-order chi connectivity index (χ0) is 18.7. The summed E-state index contributed by atoms with van der Waals surface area (Å²) in [6, 6.07) is 0.272. The van der Waals surface area contributed by atoms with E-state index in [9.17, 15) is 9.59 Å². The smallest absolute Gasteiger partial charge is 0.407 e. The Bertz CT molecular complexity index is 618. The van der Waals surface area contributed by atoms with Crippen LogP contribution >= 0.6 is 11.3 Å². The lowest BCUT2D eigenvalue weighted by Crippen LogP contribution is -2.37. The topological polar surface area (TPSA) is 89.5 Å². The molecule has 0 bridgehead atoms. The number of nitrogens with zero attached hydrogens (tertiary/aromatic N) is 1. The van der Waals surface area contributed by atoms with E-state index in [1.54, 1.807) is 0 Å². The molecule has 8 heteroatoms. The molecule has 1 saturated carbocycles. The number of thiazole rings is 1.